The van der Waals surface area contributed by atoms with Crippen molar-refractivity contribution in [2.45, 2.75) is 31.8 Å². The minimum Gasteiger partial charge on any atom is -0.308 e. The SMILES string of the molecule is c1ccn2cc(CNC3C4C5CCC(C5)C34)nc2c1. The van der Waals surface area contributed by atoms with Gasteiger partial charge in [0.1, 0.15) is 5.65 Å². The molecule has 98 valence electrons. The van der Waals surface area contributed by atoms with E-state index >= 15 is 0 Å². The summed E-state index contributed by atoms with van der Waals surface area (Å²) in [5.41, 5.74) is 2.22. The van der Waals surface area contributed by atoms with Crippen LogP contribution in [0.25, 0.3) is 5.65 Å². The van der Waals surface area contributed by atoms with Gasteiger partial charge in [0.15, 0.2) is 0 Å². The van der Waals surface area contributed by atoms with Gasteiger partial charge in [0, 0.05) is 25.0 Å². The fourth-order valence-corrected chi connectivity index (χ4v) is 4.89. The predicted octanol–water partition coefficient (Wildman–Crippen LogP) is 2.47. The van der Waals surface area contributed by atoms with Crippen molar-refractivity contribution in [3.8, 4) is 0 Å². The summed E-state index contributed by atoms with van der Waals surface area (Å²) in [5, 5.41) is 3.76. The Hall–Kier alpha value is -1.35. The molecule has 0 saturated heterocycles. The first-order valence-corrected chi connectivity index (χ1v) is 7.56. The van der Waals surface area contributed by atoms with E-state index in [-0.39, 0.29) is 0 Å². The van der Waals surface area contributed by atoms with E-state index in [0.29, 0.717) is 0 Å². The zero-order valence-electron chi connectivity index (χ0n) is 11.0. The molecule has 2 aromatic heterocycles. The lowest BCUT2D eigenvalue weighted by Gasteiger charge is -2.09. The van der Waals surface area contributed by atoms with Gasteiger partial charge in [-0.05, 0) is 55.1 Å². The number of nitrogens with zero attached hydrogens (tertiary/aromatic N) is 2. The van der Waals surface area contributed by atoms with Crippen molar-refractivity contribution in [3.63, 3.8) is 0 Å². The predicted molar refractivity (Wildman–Crippen MR) is 73.6 cm³/mol. The average molecular weight is 253 g/mol. The summed E-state index contributed by atoms with van der Waals surface area (Å²) in [6, 6.07) is 6.96. The molecule has 0 amide bonds. The van der Waals surface area contributed by atoms with Crippen molar-refractivity contribution in [2.75, 3.05) is 0 Å². The minimum atomic E-state index is 0.802. The monoisotopic (exact) mass is 253 g/mol. The van der Waals surface area contributed by atoms with E-state index < -0.39 is 0 Å². The maximum atomic E-state index is 4.66. The van der Waals surface area contributed by atoms with Gasteiger partial charge in [-0.25, -0.2) is 4.98 Å². The first-order chi connectivity index (χ1) is 9.40. The first-order valence-electron chi connectivity index (χ1n) is 7.56. The van der Waals surface area contributed by atoms with Crippen molar-refractivity contribution < 1.29 is 0 Å². The fraction of sp³-hybridized carbons (Fsp3) is 0.562. The van der Waals surface area contributed by atoms with Gasteiger partial charge in [-0.3, -0.25) is 0 Å². The van der Waals surface area contributed by atoms with Crippen molar-refractivity contribution in [3.05, 3.63) is 36.3 Å². The lowest BCUT2D eigenvalue weighted by atomic mass is 10.0. The molecule has 2 aromatic rings. The number of aromatic nitrogens is 2. The molecule has 4 atom stereocenters. The molecule has 4 unspecified atom stereocenters. The molecule has 0 aromatic carbocycles. The Morgan fingerprint density at radius 2 is 2.05 bits per heavy atom. The molecule has 0 aliphatic heterocycles. The highest BCUT2D eigenvalue weighted by Gasteiger charge is 2.64. The Bertz CT molecular complexity index is 583. The van der Waals surface area contributed by atoms with Crippen LogP contribution < -0.4 is 5.32 Å². The molecule has 3 nitrogen and oxygen atoms in total. The van der Waals surface area contributed by atoms with Crippen LogP contribution in [0.15, 0.2) is 30.6 Å². The summed E-state index contributed by atoms with van der Waals surface area (Å²) in [5.74, 6) is 4.12. The van der Waals surface area contributed by atoms with E-state index in [0.717, 1.165) is 41.9 Å². The van der Waals surface area contributed by atoms with Gasteiger partial charge in [-0.15, -0.1) is 0 Å². The molecular formula is C16H19N3. The third kappa shape index (κ3) is 1.45. The third-order valence-electron chi connectivity index (χ3n) is 5.67. The number of rotatable bonds is 3. The Morgan fingerprint density at radius 3 is 2.84 bits per heavy atom. The highest BCUT2D eigenvalue weighted by Crippen LogP contribution is 2.65. The normalized spacial score (nSPS) is 38.8. The number of fused-ring (bicyclic) bond motifs is 6. The molecule has 3 aliphatic rings. The summed E-state index contributed by atoms with van der Waals surface area (Å²) in [4.78, 5) is 4.66. The Morgan fingerprint density at radius 1 is 1.21 bits per heavy atom. The van der Waals surface area contributed by atoms with E-state index in [1.807, 2.05) is 6.07 Å². The zero-order chi connectivity index (χ0) is 12.4. The molecular weight excluding hydrogens is 234 g/mol. The number of pyridine rings is 1. The van der Waals surface area contributed by atoms with Gasteiger partial charge in [-0.1, -0.05) is 6.07 Å². The molecule has 19 heavy (non-hydrogen) atoms. The first kappa shape index (κ1) is 10.4. The standard InChI is InChI=1S/C16H19N3/c1-2-6-19-9-12(18-13(19)3-1)8-17-16-14-10-4-5-11(7-10)15(14)16/h1-3,6,9-11,14-17H,4-5,7-8H2. The topological polar surface area (TPSA) is 29.3 Å². The minimum absolute atomic E-state index is 0.802. The van der Waals surface area contributed by atoms with Gasteiger partial charge >= 0.3 is 0 Å². The van der Waals surface area contributed by atoms with Crippen LogP contribution in [0.4, 0.5) is 0 Å². The van der Waals surface area contributed by atoms with Gasteiger partial charge < -0.3 is 9.72 Å². The highest BCUT2D eigenvalue weighted by molar-refractivity contribution is 5.39. The Kier molecular flexibility index (Phi) is 1.98. The maximum Gasteiger partial charge on any atom is 0.137 e. The second kappa shape index (κ2) is 3.60. The van der Waals surface area contributed by atoms with Gasteiger partial charge in [-0.2, -0.15) is 0 Å². The van der Waals surface area contributed by atoms with Crippen LogP contribution in [0.5, 0.6) is 0 Å². The number of hydrogen-bond donors (Lipinski definition) is 1. The molecule has 3 heteroatoms. The lowest BCUT2D eigenvalue weighted by Crippen LogP contribution is -2.22. The van der Waals surface area contributed by atoms with E-state index in [1.54, 1.807) is 0 Å². The largest absolute Gasteiger partial charge is 0.308 e. The molecule has 3 fully saturated rings. The fourth-order valence-electron chi connectivity index (χ4n) is 4.89. The van der Waals surface area contributed by atoms with Crippen molar-refractivity contribution >= 4 is 5.65 Å². The molecule has 3 aliphatic carbocycles. The molecule has 2 bridgehead atoms. The van der Waals surface area contributed by atoms with E-state index in [2.05, 4.69) is 39.2 Å². The molecule has 1 N–H and O–H groups in total. The molecule has 0 spiro atoms. The summed E-state index contributed by atoms with van der Waals surface area (Å²) in [7, 11) is 0. The smallest absolute Gasteiger partial charge is 0.137 e. The zero-order valence-corrected chi connectivity index (χ0v) is 11.0. The van der Waals surface area contributed by atoms with Crippen LogP contribution in [0, 0.1) is 23.7 Å². The number of hydrogen-bond acceptors (Lipinski definition) is 2. The summed E-state index contributed by atoms with van der Waals surface area (Å²) in [6.07, 6.45) is 8.74. The second-order valence-corrected chi connectivity index (χ2v) is 6.59. The lowest BCUT2D eigenvalue weighted by molar-refractivity contribution is 0.456. The Balaban J connectivity index is 1.29. The molecule has 0 radical (unpaired) electrons. The summed E-state index contributed by atoms with van der Waals surface area (Å²) in [6.45, 7) is 0.929. The summed E-state index contributed by atoms with van der Waals surface area (Å²) < 4.78 is 2.11. The van der Waals surface area contributed by atoms with Crippen LogP contribution >= 0.6 is 0 Å². The van der Waals surface area contributed by atoms with Crippen LogP contribution in [-0.2, 0) is 6.54 Å². The van der Waals surface area contributed by atoms with Crippen molar-refractivity contribution in [1.29, 1.82) is 0 Å². The quantitative estimate of drug-likeness (QED) is 0.910. The van der Waals surface area contributed by atoms with Crippen LogP contribution in [0.2, 0.25) is 0 Å². The number of imidazole rings is 1. The van der Waals surface area contributed by atoms with E-state index in [9.17, 15) is 0 Å². The Labute approximate surface area is 113 Å². The summed E-state index contributed by atoms with van der Waals surface area (Å²) >= 11 is 0. The second-order valence-electron chi connectivity index (χ2n) is 6.59. The molecule has 3 saturated carbocycles. The molecule has 5 rings (SSSR count). The van der Waals surface area contributed by atoms with E-state index in [1.165, 1.54) is 25.0 Å². The maximum absolute atomic E-state index is 4.66. The van der Waals surface area contributed by atoms with Crippen LogP contribution in [0.3, 0.4) is 0 Å². The van der Waals surface area contributed by atoms with Gasteiger partial charge in [0.05, 0.1) is 5.69 Å². The van der Waals surface area contributed by atoms with Crippen LogP contribution in [0.1, 0.15) is 25.0 Å². The molecule has 2 heterocycles. The van der Waals surface area contributed by atoms with Gasteiger partial charge in [0.25, 0.3) is 0 Å². The average Bonchev–Trinajstić information content (AvgIpc) is 2.84. The van der Waals surface area contributed by atoms with Crippen molar-refractivity contribution in [1.82, 2.24) is 14.7 Å². The van der Waals surface area contributed by atoms with Crippen LogP contribution in [-0.4, -0.2) is 15.4 Å². The van der Waals surface area contributed by atoms with Gasteiger partial charge in [0.2, 0.25) is 0 Å². The van der Waals surface area contributed by atoms with Crippen molar-refractivity contribution in [2.24, 2.45) is 23.7 Å². The third-order valence-corrected chi connectivity index (χ3v) is 5.67. The highest BCUT2D eigenvalue weighted by atomic mass is 15.1. The van der Waals surface area contributed by atoms with E-state index in [4.69, 9.17) is 0 Å². The number of nitrogens with one attached hydrogen (secondary N) is 1.